The first kappa shape index (κ1) is 14.4. The smallest absolute Gasteiger partial charge is 0.247 e. The Balaban J connectivity index is 1.98. The standard InChI is InChI=1S/C14H21N5OS/c1-8(2)10-14(20)18-11-12(17-10)15-9(3)16-13(11)19-4-6-21-7-5-19/h8,10H,4-7H2,1-3H3,(H,18,20)(H,15,16,17). The van der Waals surface area contributed by atoms with E-state index < -0.39 is 0 Å². The number of carbonyl (C=O) groups is 1. The summed E-state index contributed by atoms with van der Waals surface area (Å²) in [5, 5.41) is 6.28. The number of aromatic nitrogens is 2. The van der Waals surface area contributed by atoms with Crippen LogP contribution in [0, 0.1) is 12.8 Å². The number of nitrogens with one attached hydrogen (secondary N) is 2. The average Bonchev–Trinajstić information content (AvgIpc) is 2.47. The molecular weight excluding hydrogens is 286 g/mol. The van der Waals surface area contributed by atoms with E-state index in [1.165, 1.54) is 0 Å². The van der Waals surface area contributed by atoms with E-state index in [1.807, 2.05) is 32.5 Å². The predicted octanol–water partition coefficient (Wildman–Crippen LogP) is 1.73. The van der Waals surface area contributed by atoms with Crippen LogP contribution in [0.3, 0.4) is 0 Å². The third-order valence-corrected chi connectivity index (χ3v) is 4.74. The molecular formula is C14H21N5OS. The number of rotatable bonds is 2. The molecule has 1 atom stereocenters. The topological polar surface area (TPSA) is 70.2 Å². The highest BCUT2D eigenvalue weighted by atomic mass is 32.2. The molecule has 3 rings (SSSR count). The molecule has 114 valence electrons. The molecule has 2 aliphatic heterocycles. The number of fused-ring (bicyclic) bond motifs is 1. The van der Waals surface area contributed by atoms with E-state index in [1.54, 1.807) is 0 Å². The minimum Gasteiger partial charge on any atom is -0.356 e. The molecule has 1 fully saturated rings. The number of hydrogen-bond donors (Lipinski definition) is 2. The van der Waals surface area contributed by atoms with Crippen molar-refractivity contribution >= 4 is 35.0 Å². The van der Waals surface area contributed by atoms with Gasteiger partial charge in [-0.2, -0.15) is 11.8 Å². The highest BCUT2D eigenvalue weighted by molar-refractivity contribution is 7.99. The van der Waals surface area contributed by atoms with Gasteiger partial charge >= 0.3 is 0 Å². The van der Waals surface area contributed by atoms with E-state index in [-0.39, 0.29) is 17.9 Å². The Hall–Kier alpha value is -1.50. The van der Waals surface area contributed by atoms with Gasteiger partial charge in [-0.15, -0.1) is 0 Å². The van der Waals surface area contributed by atoms with Crippen LogP contribution in [0.5, 0.6) is 0 Å². The Labute approximate surface area is 129 Å². The minimum absolute atomic E-state index is 0.00223. The van der Waals surface area contributed by atoms with Crippen molar-refractivity contribution in [1.82, 2.24) is 9.97 Å². The Morgan fingerprint density at radius 3 is 2.67 bits per heavy atom. The summed E-state index contributed by atoms with van der Waals surface area (Å²) in [6, 6.07) is -0.239. The fourth-order valence-corrected chi connectivity index (χ4v) is 3.57. The van der Waals surface area contributed by atoms with Gasteiger partial charge in [0.05, 0.1) is 0 Å². The highest BCUT2D eigenvalue weighted by Gasteiger charge is 2.32. The molecule has 0 aromatic carbocycles. The van der Waals surface area contributed by atoms with Crippen LogP contribution in [0.2, 0.25) is 0 Å². The number of hydrogen-bond acceptors (Lipinski definition) is 6. The third kappa shape index (κ3) is 2.79. The van der Waals surface area contributed by atoms with Crippen molar-refractivity contribution in [3.63, 3.8) is 0 Å². The first-order chi connectivity index (χ1) is 10.1. The van der Waals surface area contributed by atoms with Gasteiger partial charge in [0, 0.05) is 24.6 Å². The summed E-state index contributed by atoms with van der Waals surface area (Å²) in [5.41, 5.74) is 0.731. The second-order valence-electron chi connectivity index (χ2n) is 5.77. The number of carbonyl (C=O) groups excluding carboxylic acids is 1. The number of aryl methyl sites for hydroxylation is 1. The SMILES string of the molecule is Cc1nc2c(c(N3CCSCC3)n1)NC(=O)C(C(C)C)N2. The molecule has 0 spiro atoms. The monoisotopic (exact) mass is 307 g/mol. The first-order valence-electron chi connectivity index (χ1n) is 7.35. The van der Waals surface area contributed by atoms with Crippen molar-refractivity contribution in [3.05, 3.63) is 5.82 Å². The molecule has 1 aromatic rings. The van der Waals surface area contributed by atoms with Gasteiger partial charge in [-0.05, 0) is 12.8 Å². The maximum absolute atomic E-state index is 12.3. The fraction of sp³-hybridized carbons (Fsp3) is 0.643. The van der Waals surface area contributed by atoms with Crippen LogP contribution in [0.15, 0.2) is 0 Å². The van der Waals surface area contributed by atoms with Crippen molar-refractivity contribution in [2.75, 3.05) is 40.1 Å². The van der Waals surface area contributed by atoms with Crippen LogP contribution < -0.4 is 15.5 Å². The maximum Gasteiger partial charge on any atom is 0.247 e. The molecule has 0 aliphatic carbocycles. The van der Waals surface area contributed by atoms with Gasteiger partial charge in [0.15, 0.2) is 11.6 Å². The van der Waals surface area contributed by atoms with E-state index in [0.717, 1.165) is 47.7 Å². The van der Waals surface area contributed by atoms with E-state index in [9.17, 15) is 4.79 Å². The molecule has 0 radical (unpaired) electrons. The molecule has 1 aromatic heterocycles. The summed E-state index contributed by atoms with van der Waals surface area (Å²) < 4.78 is 0. The molecule has 3 heterocycles. The number of anilines is 3. The summed E-state index contributed by atoms with van der Waals surface area (Å²) in [5.74, 6) is 4.71. The molecule has 1 unspecified atom stereocenters. The van der Waals surface area contributed by atoms with Crippen molar-refractivity contribution in [2.45, 2.75) is 26.8 Å². The summed E-state index contributed by atoms with van der Waals surface area (Å²) in [6.45, 7) is 7.86. The molecule has 2 aliphatic rings. The molecule has 6 nitrogen and oxygen atoms in total. The quantitative estimate of drug-likeness (QED) is 0.867. The lowest BCUT2D eigenvalue weighted by Crippen LogP contribution is -2.44. The number of thioether (sulfide) groups is 1. The van der Waals surface area contributed by atoms with Gasteiger partial charge < -0.3 is 15.5 Å². The normalized spacial score (nSPS) is 21.8. The molecule has 2 N–H and O–H groups in total. The molecule has 21 heavy (non-hydrogen) atoms. The zero-order chi connectivity index (χ0) is 15.0. The van der Waals surface area contributed by atoms with Gasteiger partial charge in [0.25, 0.3) is 0 Å². The Kier molecular flexibility index (Phi) is 3.93. The minimum atomic E-state index is -0.239. The van der Waals surface area contributed by atoms with Gasteiger partial charge in [0.2, 0.25) is 5.91 Å². The van der Waals surface area contributed by atoms with E-state index >= 15 is 0 Å². The first-order valence-corrected chi connectivity index (χ1v) is 8.50. The molecule has 0 bridgehead atoms. The highest BCUT2D eigenvalue weighted by Crippen LogP contribution is 2.35. The Morgan fingerprint density at radius 2 is 2.00 bits per heavy atom. The van der Waals surface area contributed by atoms with Gasteiger partial charge in [-0.3, -0.25) is 4.79 Å². The number of nitrogens with zero attached hydrogens (tertiary/aromatic N) is 3. The predicted molar refractivity (Wildman–Crippen MR) is 87.2 cm³/mol. The van der Waals surface area contributed by atoms with Crippen molar-refractivity contribution in [1.29, 1.82) is 0 Å². The van der Waals surface area contributed by atoms with Gasteiger partial charge in [-0.1, -0.05) is 13.8 Å². The second-order valence-corrected chi connectivity index (χ2v) is 7.00. The molecule has 1 saturated heterocycles. The van der Waals surface area contributed by atoms with Crippen LogP contribution >= 0.6 is 11.8 Å². The molecule has 7 heteroatoms. The van der Waals surface area contributed by atoms with E-state index in [4.69, 9.17) is 0 Å². The lowest BCUT2D eigenvalue weighted by atomic mass is 10.0. The zero-order valence-corrected chi connectivity index (χ0v) is 13.5. The molecule has 1 amide bonds. The van der Waals surface area contributed by atoms with Crippen LogP contribution in [-0.2, 0) is 4.79 Å². The van der Waals surface area contributed by atoms with Gasteiger partial charge in [0.1, 0.15) is 17.6 Å². The summed E-state index contributed by atoms with van der Waals surface area (Å²) in [4.78, 5) is 23.5. The van der Waals surface area contributed by atoms with Crippen molar-refractivity contribution in [3.8, 4) is 0 Å². The Bertz CT molecular complexity index is 557. The lowest BCUT2D eigenvalue weighted by molar-refractivity contribution is -0.117. The third-order valence-electron chi connectivity index (χ3n) is 3.80. The maximum atomic E-state index is 12.3. The van der Waals surface area contributed by atoms with Crippen molar-refractivity contribution in [2.24, 2.45) is 5.92 Å². The van der Waals surface area contributed by atoms with Crippen LogP contribution in [0.1, 0.15) is 19.7 Å². The van der Waals surface area contributed by atoms with Gasteiger partial charge in [-0.25, -0.2) is 9.97 Å². The lowest BCUT2D eigenvalue weighted by Gasteiger charge is -2.34. The summed E-state index contributed by atoms with van der Waals surface area (Å²) in [7, 11) is 0. The largest absolute Gasteiger partial charge is 0.356 e. The fourth-order valence-electron chi connectivity index (χ4n) is 2.66. The van der Waals surface area contributed by atoms with Crippen LogP contribution in [0.25, 0.3) is 0 Å². The van der Waals surface area contributed by atoms with Crippen LogP contribution in [0.4, 0.5) is 17.3 Å². The van der Waals surface area contributed by atoms with E-state index in [2.05, 4.69) is 25.5 Å². The second kappa shape index (κ2) is 5.71. The summed E-state index contributed by atoms with van der Waals surface area (Å²) in [6.07, 6.45) is 0. The van der Waals surface area contributed by atoms with E-state index in [0.29, 0.717) is 0 Å². The Morgan fingerprint density at radius 1 is 1.29 bits per heavy atom. The number of amides is 1. The summed E-state index contributed by atoms with van der Waals surface area (Å²) >= 11 is 1.95. The van der Waals surface area contributed by atoms with Crippen LogP contribution in [-0.4, -0.2) is 46.5 Å². The average molecular weight is 307 g/mol. The zero-order valence-electron chi connectivity index (χ0n) is 12.6. The molecule has 0 saturated carbocycles. The van der Waals surface area contributed by atoms with Crippen molar-refractivity contribution < 1.29 is 4.79 Å².